The summed E-state index contributed by atoms with van der Waals surface area (Å²) < 4.78 is 5.21. The SMILES string of the molecule is CC(=O)c1c[nH]c(C(=O)NCCSCc2ccco2)c1. The van der Waals surface area contributed by atoms with Crippen LogP contribution in [0.1, 0.15) is 33.5 Å². The fraction of sp³-hybridized carbons (Fsp3) is 0.286. The second kappa shape index (κ2) is 7.00. The van der Waals surface area contributed by atoms with Crippen molar-refractivity contribution in [1.82, 2.24) is 10.3 Å². The molecule has 0 spiro atoms. The number of hydrogen-bond donors (Lipinski definition) is 2. The third-order valence-corrected chi connectivity index (χ3v) is 3.67. The van der Waals surface area contributed by atoms with E-state index >= 15 is 0 Å². The van der Waals surface area contributed by atoms with Gasteiger partial charge in [0.2, 0.25) is 0 Å². The molecule has 0 aliphatic carbocycles. The van der Waals surface area contributed by atoms with Crippen LogP contribution in [0.25, 0.3) is 0 Å². The van der Waals surface area contributed by atoms with Crippen LogP contribution in [0.2, 0.25) is 0 Å². The number of H-pyrrole nitrogens is 1. The molecule has 5 nitrogen and oxygen atoms in total. The molecule has 2 rings (SSSR count). The van der Waals surface area contributed by atoms with Gasteiger partial charge in [0.05, 0.1) is 12.0 Å². The lowest BCUT2D eigenvalue weighted by Crippen LogP contribution is -2.26. The van der Waals surface area contributed by atoms with Gasteiger partial charge in [-0.25, -0.2) is 0 Å². The second-order valence-electron chi connectivity index (χ2n) is 4.25. The number of carbonyl (C=O) groups excluding carboxylic acids is 2. The zero-order chi connectivity index (χ0) is 14.4. The molecule has 2 heterocycles. The Morgan fingerprint density at radius 2 is 2.30 bits per heavy atom. The van der Waals surface area contributed by atoms with Crippen molar-refractivity contribution in [2.75, 3.05) is 12.3 Å². The van der Waals surface area contributed by atoms with Crippen molar-refractivity contribution in [3.63, 3.8) is 0 Å². The topological polar surface area (TPSA) is 75.1 Å². The van der Waals surface area contributed by atoms with E-state index < -0.39 is 0 Å². The number of rotatable bonds is 7. The van der Waals surface area contributed by atoms with Gasteiger partial charge in [0.25, 0.3) is 5.91 Å². The number of nitrogens with one attached hydrogen (secondary N) is 2. The molecular weight excluding hydrogens is 276 g/mol. The molecule has 0 aromatic carbocycles. The fourth-order valence-corrected chi connectivity index (χ4v) is 2.38. The first-order valence-corrected chi connectivity index (χ1v) is 7.40. The highest BCUT2D eigenvalue weighted by Crippen LogP contribution is 2.11. The van der Waals surface area contributed by atoms with E-state index in [0.29, 0.717) is 17.8 Å². The van der Waals surface area contributed by atoms with Crippen LogP contribution in [0.4, 0.5) is 0 Å². The van der Waals surface area contributed by atoms with Crippen molar-refractivity contribution in [3.05, 3.63) is 47.7 Å². The first kappa shape index (κ1) is 14.5. The summed E-state index contributed by atoms with van der Waals surface area (Å²) in [5.74, 6) is 2.26. The van der Waals surface area contributed by atoms with E-state index in [0.717, 1.165) is 17.3 Å². The third-order valence-electron chi connectivity index (χ3n) is 2.69. The minimum Gasteiger partial charge on any atom is -0.468 e. The number of furan rings is 1. The smallest absolute Gasteiger partial charge is 0.267 e. The first-order valence-electron chi connectivity index (χ1n) is 6.24. The van der Waals surface area contributed by atoms with Crippen molar-refractivity contribution in [3.8, 4) is 0 Å². The van der Waals surface area contributed by atoms with Crippen molar-refractivity contribution in [1.29, 1.82) is 0 Å². The molecule has 106 valence electrons. The molecule has 0 aliphatic rings. The van der Waals surface area contributed by atoms with Crippen LogP contribution < -0.4 is 5.32 Å². The van der Waals surface area contributed by atoms with Gasteiger partial charge in [-0.05, 0) is 25.1 Å². The van der Waals surface area contributed by atoms with E-state index in [1.54, 1.807) is 30.3 Å². The van der Waals surface area contributed by atoms with E-state index in [9.17, 15) is 9.59 Å². The first-order chi connectivity index (χ1) is 9.66. The molecule has 0 atom stereocenters. The number of thioether (sulfide) groups is 1. The number of hydrogen-bond acceptors (Lipinski definition) is 4. The molecule has 0 aliphatic heterocycles. The highest BCUT2D eigenvalue weighted by molar-refractivity contribution is 7.98. The Kier molecular flexibility index (Phi) is 5.06. The number of aromatic amines is 1. The fourth-order valence-electron chi connectivity index (χ4n) is 1.63. The lowest BCUT2D eigenvalue weighted by molar-refractivity contribution is 0.0951. The number of aromatic nitrogens is 1. The van der Waals surface area contributed by atoms with Crippen LogP contribution in [0, 0.1) is 0 Å². The van der Waals surface area contributed by atoms with Gasteiger partial charge in [0.1, 0.15) is 11.5 Å². The second-order valence-corrected chi connectivity index (χ2v) is 5.35. The summed E-state index contributed by atoms with van der Waals surface area (Å²) in [4.78, 5) is 25.7. The maximum atomic E-state index is 11.8. The van der Waals surface area contributed by atoms with E-state index in [4.69, 9.17) is 4.42 Å². The van der Waals surface area contributed by atoms with Gasteiger partial charge in [-0.3, -0.25) is 9.59 Å². The van der Waals surface area contributed by atoms with Gasteiger partial charge in [-0.2, -0.15) is 11.8 Å². The Bertz CT molecular complexity index is 575. The number of ketones is 1. The number of amides is 1. The Hall–Kier alpha value is -1.95. The normalized spacial score (nSPS) is 10.4. The van der Waals surface area contributed by atoms with Crippen molar-refractivity contribution < 1.29 is 14.0 Å². The van der Waals surface area contributed by atoms with Gasteiger partial charge < -0.3 is 14.7 Å². The molecule has 0 unspecified atom stereocenters. The van der Waals surface area contributed by atoms with E-state index in [1.165, 1.54) is 6.92 Å². The van der Waals surface area contributed by atoms with Crippen LogP contribution in [-0.4, -0.2) is 29.0 Å². The summed E-state index contributed by atoms with van der Waals surface area (Å²) >= 11 is 1.69. The summed E-state index contributed by atoms with van der Waals surface area (Å²) in [6, 6.07) is 5.34. The average molecular weight is 292 g/mol. The molecule has 6 heteroatoms. The Morgan fingerprint density at radius 3 is 2.95 bits per heavy atom. The average Bonchev–Trinajstić information content (AvgIpc) is 3.09. The van der Waals surface area contributed by atoms with Crippen molar-refractivity contribution >= 4 is 23.5 Å². The molecule has 0 radical (unpaired) electrons. The van der Waals surface area contributed by atoms with Crippen LogP contribution in [0.15, 0.2) is 35.1 Å². The van der Waals surface area contributed by atoms with Gasteiger partial charge in [-0.15, -0.1) is 0 Å². The van der Waals surface area contributed by atoms with Crippen molar-refractivity contribution in [2.24, 2.45) is 0 Å². The molecular formula is C14H16N2O3S. The third kappa shape index (κ3) is 4.03. The van der Waals surface area contributed by atoms with Crippen LogP contribution >= 0.6 is 11.8 Å². The van der Waals surface area contributed by atoms with Crippen molar-refractivity contribution in [2.45, 2.75) is 12.7 Å². The molecule has 0 fully saturated rings. The van der Waals surface area contributed by atoms with E-state index in [2.05, 4.69) is 10.3 Å². The highest BCUT2D eigenvalue weighted by atomic mass is 32.2. The maximum Gasteiger partial charge on any atom is 0.267 e. The Morgan fingerprint density at radius 1 is 1.45 bits per heavy atom. The summed E-state index contributed by atoms with van der Waals surface area (Å²) in [7, 11) is 0. The predicted molar refractivity (Wildman–Crippen MR) is 78.0 cm³/mol. The zero-order valence-electron chi connectivity index (χ0n) is 11.1. The van der Waals surface area contributed by atoms with E-state index in [-0.39, 0.29) is 11.7 Å². The molecule has 0 saturated heterocycles. The monoisotopic (exact) mass is 292 g/mol. The molecule has 2 aromatic rings. The minimum atomic E-state index is -0.198. The molecule has 0 bridgehead atoms. The summed E-state index contributed by atoms with van der Waals surface area (Å²) in [6.45, 7) is 2.04. The van der Waals surface area contributed by atoms with E-state index in [1.807, 2.05) is 12.1 Å². The Balaban J connectivity index is 1.68. The van der Waals surface area contributed by atoms with Gasteiger partial charge in [-0.1, -0.05) is 0 Å². The zero-order valence-corrected chi connectivity index (χ0v) is 12.0. The molecule has 1 amide bonds. The summed E-state index contributed by atoms with van der Waals surface area (Å²) in [5, 5.41) is 2.80. The molecule has 2 aromatic heterocycles. The quantitative estimate of drug-likeness (QED) is 0.607. The lowest BCUT2D eigenvalue weighted by Gasteiger charge is -2.03. The molecule has 0 saturated carbocycles. The minimum absolute atomic E-state index is 0.0608. The predicted octanol–water partition coefficient (Wildman–Crippen LogP) is 2.47. The van der Waals surface area contributed by atoms with Gasteiger partial charge in [0, 0.05) is 24.1 Å². The Labute approximate surface area is 121 Å². The van der Waals surface area contributed by atoms with Gasteiger partial charge in [0.15, 0.2) is 5.78 Å². The van der Waals surface area contributed by atoms with Gasteiger partial charge >= 0.3 is 0 Å². The molecule has 2 N–H and O–H groups in total. The van der Waals surface area contributed by atoms with Crippen LogP contribution in [0.3, 0.4) is 0 Å². The summed E-state index contributed by atoms with van der Waals surface area (Å²) in [5.41, 5.74) is 0.925. The summed E-state index contributed by atoms with van der Waals surface area (Å²) in [6.07, 6.45) is 3.19. The molecule has 20 heavy (non-hydrogen) atoms. The largest absolute Gasteiger partial charge is 0.468 e. The number of carbonyl (C=O) groups is 2. The van der Waals surface area contributed by atoms with Crippen LogP contribution in [0.5, 0.6) is 0 Å². The lowest BCUT2D eigenvalue weighted by atomic mass is 10.2. The standard InChI is InChI=1S/C14H16N2O3S/c1-10(17)11-7-13(16-8-11)14(18)15-4-6-20-9-12-3-2-5-19-12/h2-3,5,7-8,16H,4,6,9H2,1H3,(H,15,18). The maximum absolute atomic E-state index is 11.8. The number of Topliss-reactive ketones (excluding diaryl/α,β-unsaturated/α-hetero) is 1. The highest BCUT2D eigenvalue weighted by Gasteiger charge is 2.09. The van der Waals surface area contributed by atoms with Crippen LogP contribution in [-0.2, 0) is 5.75 Å².